The highest BCUT2D eigenvalue weighted by molar-refractivity contribution is 7.26. The van der Waals surface area contributed by atoms with E-state index in [0.29, 0.717) is 0 Å². The van der Waals surface area contributed by atoms with Gasteiger partial charge in [-0.05, 0) is 26.2 Å². The Morgan fingerprint density at radius 3 is 2.56 bits per heavy atom. The van der Waals surface area contributed by atoms with Crippen molar-refractivity contribution in [3.63, 3.8) is 0 Å². The van der Waals surface area contributed by atoms with E-state index in [0.717, 1.165) is 18.6 Å². The standard InChI is InChI=1S/C21H19N3S/c1-23(2)11-12-24-16-9-5-3-7-14(16)20-21(24)19-15-8-4-6-10-17(15)25-18(19)13-22-20/h3-10,13H,11-12H2,1-2H3. The zero-order chi connectivity index (χ0) is 17.0. The summed E-state index contributed by atoms with van der Waals surface area (Å²) in [5, 5.41) is 3.93. The number of fused-ring (bicyclic) bond motifs is 7. The molecule has 0 atom stereocenters. The maximum atomic E-state index is 4.86. The minimum absolute atomic E-state index is 0.960. The number of hydrogen-bond donors (Lipinski definition) is 0. The van der Waals surface area contributed by atoms with Gasteiger partial charge in [-0.1, -0.05) is 36.4 Å². The van der Waals surface area contributed by atoms with Crippen LogP contribution in [0.5, 0.6) is 0 Å². The number of likely N-dealkylation sites (N-methyl/N-ethyl adjacent to an activating group) is 1. The predicted molar refractivity (Wildman–Crippen MR) is 109 cm³/mol. The molecule has 0 spiro atoms. The zero-order valence-electron chi connectivity index (χ0n) is 14.4. The lowest BCUT2D eigenvalue weighted by Gasteiger charge is -2.13. The lowest BCUT2D eigenvalue weighted by molar-refractivity contribution is 0.389. The van der Waals surface area contributed by atoms with Gasteiger partial charge in [0.1, 0.15) is 0 Å². The van der Waals surface area contributed by atoms with Crippen LogP contribution < -0.4 is 0 Å². The lowest BCUT2D eigenvalue weighted by Crippen LogP contribution is -2.18. The van der Waals surface area contributed by atoms with Gasteiger partial charge < -0.3 is 9.47 Å². The Hall–Kier alpha value is -2.43. The molecule has 0 amide bonds. The van der Waals surface area contributed by atoms with Gasteiger partial charge in [0.05, 0.1) is 21.3 Å². The molecule has 0 aliphatic heterocycles. The molecule has 3 heterocycles. The maximum Gasteiger partial charge on any atom is 0.0967 e. The Morgan fingerprint density at radius 1 is 0.960 bits per heavy atom. The molecule has 3 aromatic heterocycles. The van der Waals surface area contributed by atoms with E-state index in [1.165, 1.54) is 36.6 Å². The van der Waals surface area contributed by atoms with Gasteiger partial charge in [0.25, 0.3) is 0 Å². The molecular weight excluding hydrogens is 326 g/mol. The molecule has 0 N–H and O–H groups in total. The van der Waals surface area contributed by atoms with Gasteiger partial charge in [0.2, 0.25) is 0 Å². The van der Waals surface area contributed by atoms with Crippen LogP contribution in [0.2, 0.25) is 0 Å². The Kier molecular flexibility index (Phi) is 3.30. The van der Waals surface area contributed by atoms with Crippen molar-refractivity contribution in [2.75, 3.05) is 20.6 Å². The fraction of sp³-hybridized carbons (Fsp3) is 0.190. The van der Waals surface area contributed by atoms with Crippen molar-refractivity contribution in [1.82, 2.24) is 14.5 Å². The van der Waals surface area contributed by atoms with Gasteiger partial charge in [-0.3, -0.25) is 4.98 Å². The summed E-state index contributed by atoms with van der Waals surface area (Å²) >= 11 is 1.83. The van der Waals surface area contributed by atoms with Gasteiger partial charge >= 0.3 is 0 Å². The van der Waals surface area contributed by atoms with Crippen LogP contribution in [0, 0.1) is 0 Å². The second-order valence-electron chi connectivity index (χ2n) is 6.76. The average molecular weight is 345 g/mol. The Bertz CT molecular complexity index is 1230. The van der Waals surface area contributed by atoms with Crippen molar-refractivity contribution in [2.24, 2.45) is 0 Å². The van der Waals surface area contributed by atoms with Crippen LogP contribution in [0.4, 0.5) is 0 Å². The Labute approximate surface area is 150 Å². The van der Waals surface area contributed by atoms with Gasteiger partial charge in [0.15, 0.2) is 0 Å². The molecular formula is C21H19N3S. The molecule has 0 saturated carbocycles. The summed E-state index contributed by atoms with van der Waals surface area (Å²) in [6, 6.07) is 17.3. The molecule has 2 aromatic carbocycles. The first kappa shape index (κ1) is 14.9. The van der Waals surface area contributed by atoms with Crippen LogP contribution >= 0.6 is 11.3 Å². The quantitative estimate of drug-likeness (QED) is 0.452. The van der Waals surface area contributed by atoms with E-state index in [1.807, 2.05) is 17.5 Å². The first-order chi connectivity index (χ1) is 12.2. The van der Waals surface area contributed by atoms with Crippen LogP contribution in [-0.2, 0) is 6.54 Å². The van der Waals surface area contributed by atoms with Crippen molar-refractivity contribution >= 4 is 53.4 Å². The number of para-hydroxylation sites is 1. The molecule has 5 rings (SSSR count). The monoisotopic (exact) mass is 345 g/mol. The molecule has 0 fully saturated rings. The summed E-state index contributed by atoms with van der Waals surface area (Å²) < 4.78 is 5.05. The highest BCUT2D eigenvalue weighted by Crippen LogP contribution is 2.40. The zero-order valence-corrected chi connectivity index (χ0v) is 15.2. The number of rotatable bonds is 3. The van der Waals surface area contributed by atoms with E-state index in [9.17, 15) is 0 Å². The molecule has 5 aromatic rings. The van der Waals surface area contributed by atoms with Crippen LogP contribution in [0.15, 0.2) is 54.7 Å². The maximum absolute atomic E-state index is 4.86. The minimum Gasteiger partial charge on any atom is -0.337 e. The fourth-order valence-electron chi connectivity index (χ4n) is 3.72. The van der Waals surface area contributed by atoms with Crippen LogP contribution in [-0.4, -0.2) is 35.1 Å². The second kappa shape index (κ2) is 5.55. The molecule has 0 radical (unpaired) electrons. The van der Waals surface area contributed by atoms with E-state index in [1.54, 1.807) is 0 Å². The Balaban J connectivity index is 1.98. The summed E-state index contributed by atoms with van der Waals surface area (Å²) in [6.45, 7) is 1.97. The van der Waals surface area contributed by atoms with Crippen molar-refractivity contribution < 1.29 is 0 Å². The van der Waals surface area contributed by atoms with E-state index < -0.39 is 0 Å². The van der Waals surface area contributed by atoms with Gasteiger partial charge in [-0.25, -0.2) is 0 Å². The second-order valence-corrected chi connectivity index (χ2v) is 7.85. The summed E-state index contributed by atoms with van der Waals surface area (Å²) in [5.41, 5.74) is 3.66. The van der Waals surface area contributed by atoms with Crippen LogP contribution in [0.25, 0.3) is 42.1 Å². The number of hydrogen-bond acceptors (Lipinski definition) is 3. The third-order valence-electron chi connectivity index (χ3n) is 4.89. The van der Waals surface area contributed by atoms with Crippen molar-refractivity contribution in [2.45, 2.75) is 6.54 Å². The third-order valence-corrected chi connectivity index (χ3v) is 5.99. The summed E-state index contributed by atoms with van der Waals surface area (Å²) in [7, 11) is 4.25. The van der Waals surface area contributed by atoms with Crippen molar-refractivity contribution in [3.8, 4) is 0 Å². The molecule has 25 heavy (non-hydrogen) atoms. The smallest absolute Gasteiger partial charge is 0.0967 e. The van der Waals surface area contributed by atoms with E-state index in [4.69, 9.17) is 4.98 Å². The summed E-state index contributed by atoms with van der Waals surface area (Å²) in [5.74, 6) is 0. The third kappa shape index (κ3) is 2.18. The molecule has 0 bridgehead atoms. The minimum atomic E-state index is 0.960. The topological polar surface area (TPSA) is 21.1 Å². The SMILES string of the molecule is CN(C)CCn1c2ccccc2c2ncc3sc4ccccc4c3c21. The summed E-state index contributed by atoms with van der Waals surface area (Å²) in [4.78, 5) is 7.09. The molecule has 0 aliphatic carbocycles. The van der Waals surface area contributed by atoms with Gasteiger partial charge in [0, 0.05) is 40.1 Å². The first-order valence-electron chi connectivity index (χ1n) is 8.56. The highest BCUT2D eigenvalue weighted by Gasteiger charge is 2.17. The number of aromatic nitrogens is 2. The number of nitrogens with zero attached hydrogens (tertiary/aromatic N) is 3. The highest BCUT2D eigenvalue weighted by atomic mass is 32.1. The largest absolute Gasteiger partial charge is 0.337 e. The molecule has 3 nitrogen and oxygen atoms in total. The lowest BCUT2D eigenvalue weighted by atomic mass is 10.1. The first-order valence-corrected chi connectivity index (χ1v) is 9.37. The number of pyridine rings is 1. The Morgan fingerprint density at radius 2 is 1.72 bits per heavy atom. The summed E-state index contributed by atoms with van der Waals surface area (Å²) in [6.07, 6.45) is 2.05. The van der Waals surface area contributed by atoms with E-state index in [2.05, 4.69) is 72.1 Å². The molecule has 0 unspecified atom stereocenters. The van der Waals surface area contributed by atoms with Crippen molar-refractivity contribution in [1.29, 1.82) is 0 Å². The van der Waals surface area contributed by atoms with Gasteiger partial charge in [-0.15, -0.1) is 11.3 Å². The van der Waals surface area contributed by atoms with Crippen LogP contribution in [0.1, 0.15) is 0 Å². The predicted octanol–water partition coefficient (Wildman–Crippen LogP) is 5.12. The van der Waals surface area contributed by atoms with Crippen molar-refractivity contribution in [3.05, 3.63) is 54.7 Å². The number of benzene rings is 2. The normalized spacial score (nSPS) is 12.3. The van der Waals surface area contributed by atoms with E-state index in [-0.39, 0.29) is 0 Å². The van der Waals surface area contributed by atoms with E-state index >= 15 is 0 Å². The molecule has 124 valence electrons. The molecule has 4 heteroatoms. The average Bonchev–Trinajstić information content (AvgIpc) is 3.15. The molecule has 0 aliphatic rings. The van der Waals surface area contributed by atoms with Gasteiger partial charge in [-0.2, -0.15) is 0 Å². The van der Waals surface area contributed by atoms with Crippen LogP contribution in [0.3, 0.4) is 0 Å². The fourth-order valence-corrected chi connectivity index (χ4v) is 4.80. The number of thiophene rings is 1. The molecule has 0 saturated heterocycles.